The number of carbonyl (C=O) groups is 1. The molecule has 1 aromatic rings. The van der Waals surface area contributed by atoms with E-state index in [0.29, 0.717) is 0 Å². The number of rotatable bonds is 5. The molecule has 0 aromatic heterocycles. The summed E-state index contributed by atoms with van der Waals surface area (Å²) < 4.78 is 5.69. The first-order chi connectivity index (χ1) is 11.7. The summed E-state index contributed by atoms with van der Waals surface area (Å²) in [6, 6.07) is 10.7. The molecule has 0 bridgehead atoms. The molecule has 1 N–H and O–H groups in total. The van der Waals surface area contributed by atoms with Crippen LogP contribution < -0.4 is 5.32 Å². The Hall–Kier alpha value is -1.10. The van der Waals surface area contributed by atoms with Crippen molar-refractivity contribution in [2.45, 2.75) is 44.1 Å². The van der Waals surface area contributed by atoms with Crippen molar-refractivity contribution in [3.63, 3.8) is 0 Å². The van der Waals surface area contributed by atoms with Gasteiger partial charge in [-0.3, -0.25) is 4.79 Å². The molecule has 2 aliphatic rings. The molecule has 140 valence electrons. The van der Waals surface area contributed by atoms with Gasteiger partial charge >= 0.3 is 0 Å². The lowest BCUT2D eigenvalue weighted by Gasteiger charge is -2.41. The molecule has 4 nitrogen and oxygen atoms in total. The maximum absolute atomic E-state index is 13.0. The average molecular weight is 367 g/mol. The van der Waals surface area contributed by atoms with E-state index in [2.05, 4.69) is 35.6 Å². The van der Waals surface area contributed by atoms with Crippen molar-refractivity contribution in [3.05, 3.63) is 35.9 Å². The van der Waals surface area contributed by atoms with E-state index in [1.165, 1.54) is 12.0 Å². The quantitative estimate of drug-likeness (QED) is 0.870. The fourth-order valence-corrected chi connectivity index (χ4v) is 4.06. The molecule has 2 aliphatic heterocycles. The van der Waals surface area contributed by atoms with Crippen LogP contribution in [0.25, 0.3) is 0 Å². The number of nitrogens with zero attached hydrogens (tertiary/aromatic N) is 1. The Morgan fingerprint density at radius 3 is 2.44 bits per heavy atom. The number of hydrogen-bond donors (Lipinski definition) is 1. The predicted octanol–water partition coefficient (Wildman–Crippen LogP) is 3.05. The van der Waals surface area contributed by atoms with Gasteiger partial charge in [0.25, 0.3) is 5.91 Å². The van der Waals surface area contributed by atoms with E-state index < -0.39 is 5.60 Å². The second-order valence-corrected chi connectivity index (χ2v) is 7.21. The van der Waals surface area contributed by atoms with Crippen molar-refractivity contribution in [2.75, 3.05) is 33.3 Å². The third-order valence-corrected chi connectivity index (χ3v) is 5.78. The number of aryl methyl sites for hydroxylation is 1. The first-order valence-corrected chi connectivity index (χ1v) is 9.33. The molecule has 25 heavy (non-hydrogen) atoms. The second kappa shape index (κ2) is 9.56. The summed E-state index contributed by atoms with van der Waals surface area (Å²) in [5, 5.41) is 3.32. The SMILES string of the molecule is COC1(C(=O)N2CCC(CCc3ccccc3)CC2)CCNCC1.Cl. The molecular weight excluding hydrogens is 336 g/mol. The number of methoxy groups -OCH3 is 1. The molecule has 1 aromatic carbocycles. The van der Waals surface area contributed by atoms with Crippen LogP contribution in [-0.2, 0) is 16.0 Å². The fourth-order valence-electron chi connectivity index (χ4n) is 4.06. The molecule has 2 fully saturated rings. The molecule has 5 heteroatoms. The van der Waals surface area contributed by atoms with Crippen molar-refractivity contribution in [1.82, 2.24) is 10.2 Å². The minimum absolute atomic E-state index is 0. The first-order valence-electron chi connectivity index (χ1n) is 9.33. The van der Waals surface area contributed by atoms with Crippen LogP contribution in [0.2, 0.25) is 0 Å². The zero-order chi connectivity index (χ0) is 16.8. The zero-order valence-electron chi connectivity index (χ0n) is 15.2. The third kappa shape index (κ3) is 4.96. The van der Waals surface area contributed by atoms with Crippen LogP contribution in [0.4, 0.5) is 0 Å². The highest BCUT2D eigenvalue weighted by molar-refractivity contribution is 5.86. The van der Waals surface area contributed by atoms with Crippen LogP contribution in [0.15, 0.2) is 30.3 Å². The Labute approximate surface area is 157 Å². The predicted molar refractivity (Wildman–Crippen MR) is 103 cm³/mol. The Bertz CT molecular complexity index is 524. The minimum Gasteiger partial charge on any atom is -0.368 e. The van der Waals surface area contributed by atoms with Crippen LogP contribution in [0.3, 0.4) is 0 Å². The van der Waals surface area contributed by atoms with Crippen LogP contribution in [0.5, 0.6) is 0 Å². The number of nitrogens with one attached hydrogen (secondary N) is 1. The van der Waals surface area contributed by atoms with Gasteiger partial charge in [0, 0.05) is 20.2 Å². The number of piperidine rings is 2. The summed E-state index contributed by atoms with van der Waals surface area (Å²) in [7, 11) is 1.69. The van der Waals surface area contributed by atoms with Crippen molar-refractivity contribution in [2.24, 2.45) is 5.92 Å². The largest absolute Gasteiger partial charge is 0.368 e. The molecule has 0 atom stereocenters. The van der Waals surface area contributed by atoms with E-state index in [1.54, 1.807) is 7.11 Å². The third-order valence-electron chi connectivity index (χ3n) is 5.78. The van der Waals surface area contributed by atoms with Crippen LogP contribution in [-0.4, -0.2) is 49.7 Å². The van der Waals surface area contributed by atoms with Gasteiger partial charge in [-0.05, 0) is 63.1 Å². The van der Waals surface area contributed by atoms with Crippen LogP contribution in [0.1, 0.15) is 37.7 Å². The van der Waals surface area contributed by atoms with Gasteiger partial charge in [-0.25, -0.2) is 0 Å². The van der Waals surface area contributed by atoms with Gasteiger partial charge in [-0.2, -0.15) is 0 Å². The van der Waals surface area contributed by atoms with Gasteiger partial charge in [0.1, 0.15) is 5.60 Å². The summed E-state index contributed by atoms with van der Waals surface area (Å²) in [6.45, 7) is 3.51. The smallest absolute Gasteiger partial charge is 0.254 e. The summed E-state index contributed by atoms with van der Waals surface area (Å²) in [4.78, 5) is 15.0. The standard InChI is InChI=1S/C20H30N2O2.ClH/c1-24-20(11-13-21-14-12-20)19(23)22-15-9-18(10-16-22)8-7-17-5-3-2-4-6-17;/h2-6,18,21H,7-16H2,1H3;1H. The van der Waals surface area contributed by atoms with E-state index in [1.807, 2.05) is 4.90 Å². The fraction of sp³-hybridized carbons (Fsp3) is 0.650. The second-order valence-electron chi connectivity index (χ2n) is 7.21. The molecule has 2 heterocycles. The Morgan fingerprint density at radius 1 is 1.20 bits per heavy atom. The molecular formula is C20H31ClN2O2. The summed E-state index contributed by atoms with van der Waals surface area (Å²) in [5.74, 6) is 0.953. The number of carbonyl (C=O) groups excluding carboxylic acids is 1. The summed E-state index contributed by atoms with van der Waals surface area (Å²) in [6.07, 6.45) is 6.19. The summed E-state index contributed by atoms with van der Waals surface area (Å²) in [5.41, 5.74) is 0.839. The monoisotopic (exact) mass is 366 g/mol. The number of amides is 1. The van der Waals surface area contributed by atoms with E-state index in [4.69, 9.17) is 4.74 Å². The number of ether oxygens (including phenoxy) is 1. The molecule has 0 aliphatic carbocycles. The van der Waals surface area contributed by atoms with Crippen molar-refractivity contribution < 1.29 is 9.53 Å². The average Bonchev–Trinajstić information content (AvgIpc) is 2.67. The van der Waals surface area contributed by atoms with Gasteiger partial charge in [-0.15, -0.1) is 12.4 Å². The lowest BCUT2D eigenvalue weighted by Crippen LogP contribution is -2.56. The first kappa shape index (κ1) is 20.2. The highest BCUT2D eigenvalue weighted by Gasteiger charge is 2.43. The van der Waals surface area contributed by atoms with Crippen LogP contribution in [0, 0.1) is 5.92 Å². The van der Waals surface area contributed by atoms with Gasteiger partial charge in [0.2, 0.25) is 0 Å². The molecule has 3 rings (SSSR count). The highest BCUT2D eigenvalue weighted by atomic mass is 35.5. The molecule has 1 amide bonds. The number of halogens is 1. The van der Waals surface area contributed by atoms with E-state index in [-0.39, 0.29) is 18.3 Å². The lowest BCUT2D eigenvalue weighted by molar-refractivity contribution is -0.159. The Balaban J connectivity index is 0.00000225. The normalized spacial score (nSPS) is 20.8. The maximum atomic E-state index is 13.0. The lowest BCUT2D eigenvalue weighted by atomic mass is 9.87. The minimum atomic E-state index is -0.581. The van der Waals surface area contributed by atoms with Crippen molar-refractivity contribution in [3.8, 4) is 0 Å². The zero-order valence-corrected chi connectivity index (χ0v) is 16.0. The molecule has 0 radical (unpaired) electrons. The van der Waals surface area contributed by atoms with Gasteiger partial charge in [0.15, 0.2) is 0 Å². The highest BCUT2D eigenvalue weighted by Crippen LogP contribution is 2.29. The van der Waals surface area contributed by atoms with E-state index in [9.17, 15) is 4.79 Å². The number of likely N-dealkylation sites (tertiary alicyclic amines) is 1. The van der Waals surface area contributed by atoms with Gasteiger partial charge in [-0.1, -0.05) is 30.3 Å². The summed E-state index contributed by atoms with van der Waals surface area (Å²) >= 11 is 0. The molecule has 0 spiro atoms. The van der Waals surface area contributed by atoms with Crippen LogP contribution >= 0.6 is 12.4 Å². The Kier molecular flexibility index (Phi) is 7.73. The van der Waals surface area contributed by atoms with E-state index >= 15 is 0 Å². The topological polar surface area (TPSA) is 41.6 Å². The van der Waals surface area contributed by atoms with E-state index in [0.717, 1.165) is 64.2 Å². The maximum Gasteiger partial charge on any atom is 0.254 e. The van der Waals surface area contributed by atoms with Gasteiger partial charge in [0.05, 0.1) is 0 Å². The van der Waals surface area contributed by atoms with Gasteiger partial charge < -0.3 is 15.0 Å². The number of hydrogen-bond acceptors (Lipinski definition) is 3. The molecule has 0 unspecified atom stereocenters. The van der Waals surface area contributed by atoms with Crippen molar-refractivity contribution in [1.29, 1.82) is 0 Å². The number of benzene rings is 1. The van der Waals surface area contributed by atoms with Crippen molar-refractivity contribution >= 4 is 18.3 Å². The molecule has 0 saturated carbocycles. The Morgan fingerprint density at radius 2 is 1.84 bits per heavy atom. The molecule has 2 saturated heterocycles.